The highest BCUT2D eigenvalue weighted by Crippen LogP contribution is 2.53. The highest BCUT2D eigenvalue weighted by atomic mass is 31.2. The van der Waals surface area contributed by atoms with E-state index in [2.05, 4.69) is 4.52 Å². The van der Waals surface area contributed by atoms with Gasteiger partial charge < -0.3 is 49.3 Å². The molecule has 3 aliphatic heterocycles. The van der Waals surface area contributed by atoms with Crippen LogP contribution in [0.2, 0.25) is 0 Å². The zero-order valence-electron chi connectivity index (χ0n) is 25.3. The Morgan fingerprint density at radius 1 is 0.622 bits per heavy atom. The van der Waals surface area contributed by atoms with Crippen LogP contribution in [0.15, 0.2) is 0 Å². The third-order valence-electron chi connectivity index (χ3n) is 8.18. The Morgan fingerprint density at radius 2 is 1.02 bits per heavy atom. The van der Waals surface area contributed by atoms with Crippen LogP contribution < -0.4 is 5.73 Å². The minimum absolute atomic E-state index is 0.508. The van der Waals surface area contributed by atoms with E-state index >= 15 is 0 Å². The number of hydrogen-bond donors (Lipinski definition) is 7. The van der Waals surface area contributed by atoms with Crippen LogP contribution in [0.4, 0.5) is 0 Å². The van der Waals surface area contributed by atoms with Crippen LogP contribution in [0.5, 0.6) is 0 Å². The molecule has 24 heteroatoms. The summed E-state index contributed by atoms with van der Waals surface area (Å²) < 4.78 is 95.3. The molecule has 0 aliphatic carbocycles. The minimum atomic E-state index is -4.99. The molecule has 20 nitrogen and oxygen atoms in total. The van der Waals surface area contributed by atoms with E-state index < -0.39 is 123 Å². The minimum Gasteiger partial charge on any atom is -0.370 e. The normalized spacial score (nSPS) is 42.1. The molecule has 3 rings (SSSR count). The maximum atomic E-state index is 12.9. The van der Waals surface area contributed by atoms with Crippen molar-refractivity contribution in [2.24, 2.45) is 23.5 Å². The first kappa shape index (κ1) is 39.7. The Hall–Kier alpha value is 0.280. The van der Waals surface area contributed by atoms with E-state index in [1.54, 1.807) is 27.7 Å². The van der Waals surface area contributed by atoms with Gasteiger partial charge in [0.25, 0.3) is 0 Å². The predicted octanol–water partition coefficient (Wildman–Crippen LogP) is 1.13. The van der Waals surface area contributed by atoms with Crippen LogP contribution in [0.25, 0.3) is 0 Å². The third kappa shape index (κ3) is 11.1. The van der Waals surface area contributed by atoms with Gasteiger partial charge in [0.1, 0.15) is 42.3 Å². The Balaban J connectivity index is 1.63. The van der Waals surface area contributed by atoms with E-state index in [-0.39, 0.29) is 0 Å². The molecule has 0 amide bonds. The van der Waals surface area contributed by atoms with Gasteiger partial charge in [0.05, 0.1) is 32.0 Å². The molecular formula is C21H43NO19P4. The van der Waals surface area contributed by atoms with Crippen molar-refractivity contribution in [1.82, 2.24) is 0 Å². The monoisotopic (exact) mass is 737 g/mol. The number of ether oxygens (including phenoxy) is 3. The fraction of sp³-hybridized carbons (Fsp3) is 1.00. The fourth-order valence-corrected chi connectivity index (χ4v) is 8.27. The van der Waals surface area contributed by atoms with Crippen molar-refractivity contribution in [3.8, 4) is 0 Å². The van der Waals surface area contributed by atoms with Crippen molar-refractivity contribution >= 4 is 31.3 Å². The summed E-state index contributed by atoms with van der Waals surface area (Å²) in [6, 6.07) is 0. The summed E-state index contributed by atoms with van der Waals surface area (Å²) in [7, 11) is -19.7. The van der Waals surface area contributed by atoms with E-state index in [0.717, 1.165) is 0 Å². The lowest BCUT2D eigenvalue weighted by Gasteiger charge is -2.27. The van der Waals surface area contributed by atoms with Crippen molar-refractivity contribution in [3.05, 3.63) is 0 Å². The Bertz CT molecular complexity index is 1210. The van der Waals surface area contributed by atoms with E-state index in [1.807, 2.05) is 0 Å². The van der Waals surface area contributed by atoms with E-state index in [4.69, 9.17) is 52.3 Å². The maximum absolute atomic E-state index is 12.9. The summed E-state index contributed by atoms with van der Waals surface area (Å²) in [6.07, 6.45) is -8.30. The van der Waals surface area contributed by atoms with Crippen molar-refractivity contribution in [2.45, 2.75) is 96.1 Å². The Kier molecular flexibility index (Phi) is 12.9. The number of hydrogen-bond acceptors (Lipinski definition) is 14. The molecule has 3 heterocycles. The lowest BCUT2D eigenvalue weighted by atomic mass is 9.95. The summed E-state index contributed by atoms with van der Waals surface area (Å²) in [5.41, 5.74) is 4.61. The highest BCUT2D eigenvalue weighted by Gasteiger charge is 2.52. The maximum Gasteiger partial charge on any atom is 0.472 e. The Morgan fingerprint density at radius 3 is 1.42 bits per heavy atom. The molecule has 0 aromatic rings. The number of rotatable bonds is 15. The standard InChI is InChI=1S/C21H43NO19P4/c1-10-13(4)36-15(7-33-42(23,24)25)18(10)40-44(29,30)34-8-16-19(11(2)14(5)37-16)41-45(31,32)35-9-17-20(39-43(26,27)28)12(3)21(6,22)38-17/h10-20H,7-9,22H2,1-6H3,(H,29,30)(H,31,32)(H2,23,24,25)(H2,26,27,28). The second kappa shape index (κ2) is 14.6. The summed E-state index contributed by atoms with van der Waals surface area (Å²) in [5, 5.41) is 0. The molecule has 0 radical (unpaired) electrons. The van der Waals surface area contributed by atoms with Crippen LogP contribution in [-0.4, -0.2) is 104 Å². The van der Waals surface area contributed by atoms with Crippen molar-refractivity contribution < 1.29 is 89.0 Å². The van der Waals surface area contributed by atoms with Gasteiger partial charge in [0.15, 0.2) is 0 Å². The lowest BCUT2D eigenvalue weighted by Crippen LogP contribution is -2.42. The number of phosphoric acid groups is 4. The second-order valence-electron chi connectivity index (χ2n) is 11.6. The average molecular weight is 737 g/mol. The number of phosphoric ester groups is 4. The van der Waals surface area contributed by atoms with Gasteiger partial charge in [-0.2, -0.15) is 0 Å². The molecule has 0 saturated carbocycles. The van der Waals surface area contributed by atoms with E-state index in [0.29, 0.717) is 0 Å². The summed E-state index contributed by atoms with van der Waals surface area (Å²) in [4.78, 5) is 57.5. The second-order valence-corrected chi connectivity index (χ2v) is 16.9. The lowest BCUT2D eigenvalue weighted by molar-refractivity contribution is -0.0679. The first-order valence-electron chi connectivity index (χ1n) is 13.8. The molecule has 3 saturated heterocycles. The average Bonchev–Trinajstić information content (AvgIpc) is 3.38. The zero-order chi connectivity index (χ0) is 34.3. The van der Waals surface area contributed by atoms with Gasteiger partial charge in [-0.15, -0.1) is 0 Å². The molecule has 0 aromatic heterocycles. The summed E-state index contributed by atoms with van der Waals surface area (Å²) >= 11 is 0. The molecule has 3 fully saturated rings. The molecule has 3 aliphatic rings. The van der Waals surface area contributed by atoms with E-state index in [1.165, 1.54) is 13.8 Å². The van der Waals surface area contributed by atoms with Crippen LogP contribution in [0, 0.1) is 17.8 Å². The molecule has 266 valence electrons. The fourth-order valence-electron chi connectivity index (χ4n) is 5.23. The SMILES string of the molecule is CC1OC(COP(=O)(O)O)C(OP(=O)(O)OCC2OC(C)C(C)C2OP(=O)(O)OCC2OC(C)(N)C(C)C2OP(=O)(O)O)C1C. The molecule has 8 N–H and O–H groups in total. The van der Waals surface area contributed by atoms with Gasteiger partial charge in [0.2, 0.25) is 0 Å². The quantitative estimate of drug-likeness (QED) is 0.116. The highest BCUT2D eigenvalue weighted by molar-refractivity contribution is 7.47. The molecule has 0 spiro atoms. The first-order chi connectivity index (χ1) is 20.3. The van der Waals surface area contributed by atoms with Gasteiger partial charge in [-0.05, 0) is 20.8 Å². The third-order valence-corrected chi connectivity index (χ3v) is 11.2. The van der Waals surface area contributed by atoms with Crippen LogP contribution >= 0.6 is 31.3 Å². The van der Waals surface area contributed by atoms with Gasteiger partial charge in [-0.1, -0.05) is 20.8 Å². The smallest absolute Gasteiger partial charge is 0.370 e. The zero-order valence-corrected chi connectivity index (χ0v) is 28.9. The molecule has 0 aromatic carbocycles. The van der Waals surface area contributed by atoms with Gasteiger partial charge in [-0.25, -0.2) is 18.3 Å². The van der Waals surface area contributed by atoms with Crippen LogP contribution in [0.1, 0.15) is 41.5 Å². The predicted molar refractivity (Wildman–Crippen MR) is 150 cm³/mol. The molecule has 14 atom stereocenters. The summed E-state index contributed by atoms with van der Waals surface area (Å²) in [5.74, 6) is -1.82. The van der Waals surface area contributed by atoms with Gasteiger partial charge in [-0.3, -0.25) is 27.1 Å². The van der Waals surface area contributed by atoms with Crippen molar-refractivity contribution in [2.75, 3.05) is 19.8 Å². The van der Waals surface area contributed by atoms with Crippen molar-refractivity contribution in [3.63, 3.8) is 0 Å². The van der Waals surface area contributed by atoms with Crippen LogP contribution in [-0.2, 0) is 59.6 Å². The molecule has 0 bridgehead atoms. The molecule has 45 heavy (non-hydrogen) atoms. The summed E-state index contributed by atoms with van der Waals surface area (Å²) in [6.45, 7) is 7.48. The Labute approximate surface area is 259 Å². The van der Waals surface area contributed by atoms with Gasteiger partial charge in [0, 0.05) is 17.8 Å². The van der Waals surface area contributed by atoms with Crippen LogP contribution in [0.3, 0.4) is 0 Å². The van der Waals surface area contributed by atoms with E-state index in [9.17, 15) is 37.8 Å². The molecular weight excluding hydrogens is 694 g/mol. The molecule has 14 unspecified atom stereocenters. The topological polar surface area (TPSA) is 299 Å². The first-order valence-corrected chi connectivity index (χ1v) is 19.9. The van der Waals surface area contributed by atoms with Gasteiger partial charge >= 0.3 is 31.3 Å². The largest absolute Gasteiger partial charge is 0.472 e. The van der Waals surface area contributed by atoms with Crippen molar-refractivity contribution in [1.29, 1.82) is 0 Å². The number of nitrogens with two attached hydrogens (primary N) is 1.